The zero-order valence-corrected chi connectivity index (χ0v) is 42.6. The Morgan fingerprint density at radius 2 is 1.35 bits per heavy atom. The molecule has 0 saturated heterocycles. The highest BCUT2D eigenvalue weighted by atomic mass is 15.2. The molecule has 0 bridgehead atoms. The van der Waals surface area contributed by atoms with E-state index in [-0.39, 0.29) is 0 Å². The fraction of sp³-hybridized carbons (Fsp3) is 0.197. The molecule has 0 spiro atoms. The molecular weight excluding hydrogens is 821 g/mol. The summed E-state index contributed by atoms with van der Waals surface area (Å²) in [7, 11) is 0. The number of benzene rings is 6. The van der Waals surface area contributed by atoms with Gasteiger partial charge in [0.15, 0.2) is 0 Å². The highest BCUT2D eigenvalue weighted by Gasteiger charge is 2.27. The largest absolute Gasteiger partial charge is 0.308 e. The first-order chi connectivity index (χ1) is 33.2. The predicted octanol–water partition coefficient (Wildman–Crippen LogP) is 20.7. The maximum absolute atomic E-state index is 4.98. The van der Waals surface area contributed by atoms with E-state index >= 15 is 0 Å². The van der Waals surface area contributed by atoms with E-state index in [0.29, 0.717) is 0 Å². The zero-order valence-electron chi connectivity index (χ0n) is 42.6. The quantitative estimate of drug-likeness (QED) is 0.0950. The van der Waals surface area contributed by atoms with Crippen LogP contribution in [-0.2, 0) is 0 Å². The first-order valence-electron chi connectivity index (χ1n) is 24.4. The van der Waals surface area contributed by atoms with Gasteiger partial charge in [-0.1, -0.05) is 207 Å². The van der Waals surface area contributed by atoms with Crippen molar-refractivity contribution in [2.45, 2.75) is 82.1 Å². The molecule has 0 saturated carbocycles. The summed E-state index contributed by atoms with van der Waals surface area (Å²) < 4.78 is 0. The lowest BCUT2D eigenvalue weighted by atomic mass is 9.90. The van der Waals surface area contributed by atoms with Gasteiger partial charge in [-0.2, -0.15) is 0 Å². The summed E-state index contributed by atoms with van der Waals surface area (Å²) in [4.78, 5) is 7.34. The Morgan fingerprint density at radius 1 is 0.676 bits per heavy atom. The second-order valence-electron chi connectivity index (χ2n) is 16.4. The molecule has 348 valence electrons. The van der Waals surface area contributed by atoms with Crippen LogP contribution in [0.1, 0.15) is 104 Å². The molecule has 1 aliphatic rings. The summed E-state index contributed by atoms with van der Waals surface area (Å²) in [5, 5.41) is 4.82. The summed E-state index contributed by atoms with van der Waals surface area (Å²) in [6.45, 7) is 32.5. The van der Waals surface area contributed by atoms with Gasteiger partial charge in [-0.05, 0) is 149 Å². The Balaban J connectivity index is 0.000000641. The Morgan fingerprint density at radius 3 is 2.00 bits per heavy atom. The van der Waals surface area contributed by atoms with Crippen LogP contribution in [0.15, 0.2) is 208 Å². The monoisotopic (exact) mass is 895 g/mol. The zero-order chi connectivity index (χ0) is 49.4. The second kappa shape index (κ2) is 28.0. The summed E-state index contributed by atoms with van der Waals surface area (Å²) in [6.07, 6.45) is 27.0. The van der Waals surface area contributed by atoms with E-state index in [2.05, 4.69) is 236 Å². The fourth-order valence-electron chi connectivity index (χ4n) is 8.22. The maximum atomic E-state index is 4.98. The Hall–Kier alpha value is -7.29. The molecular formula is C66H74N2. The van der Waals surface area contributed by atoms with Crippen molar-refractivity contribution in [3.8, 4) is 22.4 Å². The number of allylic oxidation sites excluding steroid dienone is 10. The third-order valence-electron chi connectivity index (χ3n) is 10.8. The molecule has 7 aromatic rings. The molecule has 0 aliphatic carbocycles. The Labute approximate surface area is 410 Å². The van der Waals surface area contributed by atoms with Crippen LogP contribution in [-0.4, -0.2) is 4.98 Å². The van der Waals surface area contributed by atoms with E-state index in [9.17, 15) is 0 Å². The topological polar surface area (TPSA) is 16.1 Å². The SMILES string of the molecule is C/C=C\C(C)C.C=C/C(=C\CC(/C=C\C)=C/c1cc2ccccc2c(C=C)c1/C=C\C)c1cccc(N2c3cccnc3-c3cc(-c4ccccc4)cc4cccc2c34)c1.C=CC.CC.CCC. The van der Waals surface area contributed by atoms with E-state index < -0.39 is 0 Å². The molecule has 0 radical (unpaired) electrons. The number of anilines is 3. The Kier molecular flexibility index (Phi) is 22.0. The minimum atomic E-state index is 0.718. The van der Waals surface area contributed by atoms with Gasteiger partial charge in [0.05, 0.1) is 17.1 Å². The number of fused-ring (bicyclic) bond motifs is 3. The van der Waals surface area contributed by atoms with Crippen molar-refractivity contribution in [2.24, 2.45) is 5.92 Å². The number of hydrogen-bond donors (Lipinski definition) is 0. The number of hydrogen-bond acceptors (Lipinski definition) is 2. The van der Waals surface area contributed by atoms with Gasteiger partial charge in [0.25, 0.3) is 0 Å². The Bertz CT molecular complexity index is 2900. The lowest BCUT2D eigenvalue weighted by Crippen LogP contribution is -2.16. The van der Waals surface area contributed by atoms with Crippen molar-refractivity contribution in [1.29, 1.82) is 0 Å². The van der Waals surface area contributed by atoms with Crippen molar-refractivity contribution in [2.75, 3.05) is 4.90 Å². The second-order valence-corrected chi connectivity index (χ2v) is 16.4. The number of nitrogens with zero attached hydrogens (tertiary/aromatic N) is 2. The van der Waals surface area contributed by atoms with Gasteiger partial charge in [0.1, 0.15) is 0 Å². The minimum absolute atomic E-state index is 0.718. The van der Waals surface area contributed by atoms with Crippen LogP contribution < -0.4 is 4.90 Å². The third kappa shape index (κ3) is 13.4. The van der Waals surface area contributed by atoms with E-state index in [0.717, 1.165) is 57.4 Å². The van der Waals surface area contributed by atoms with Crippen molar-refractivity contribution in [3.05, 3.63) is 230 Å². The summed E-state index contributed by atoms with van der Waals surface area (Å²) >= 11 is 0. The van der Waals surface area contributed by atoms with Crippen LogP contribution in [0.5, 0.6) is 0 Å². The molecule has 1 aromatic heterocycles. The number of rotatable bonds is 11. The molecule has 2 heteroatoms. The lowest BCUT2D eigenvalue weighted by molar-refractivity contribution is 0.830. The summed E-state index contributed by atoms with van der Waals surface area (Å²) in [6, 6.07) is 45.6. The van der Waals surface area contributed by atoms with E-state index in [4.69, 9.17) is 4.98 Å². The molecule has 2 nitrogen and oxygen atoms in total. The molecule has 8 rings (SSSR count). The van der Waals surface area contributed by atoms with Gasteiger partial charge in [-0.15, -0.1) is 6.58 Å². The van der Waals surface area contributed by atoms with Crippen LogP contribution in [0.3, 0.4) is 0 Å². The average Bonchev–Trinajstić information content (AvgIpc) is 3.36. The van der Waals surface area contributed by atoms with Gasteiger partial charge in [-0.25, -0.2) is 0 Å². The highest BCUT2D eigenvalue weighted by molar-refractivity contribution is 6.14. The molecule has 0 amide bonds. The molecule has 68 heavy (non-hydrogen) atoms. The van der Waals surface area contributed by atoms with Crippen LogP contribution in [0.4, 0.5) is 17.1 Å². The standard InChI is InChI=1S/C52H42N2.C6H12.C3H8.C3H6.C2H6/c1-5-17-36(31-43-32-40-21-12-13-25-47(40)45(8-4)46(43)18-6-2)28-29-37(7-3)39-22-14-24-44(34-39)54-49-26-15-23-41-33-42(38-19-10-9-11-20-38)35-48(51(41)49)52-50(54)27-16-30-53-52;1-4-5-6(2)3;2*1-3-2;1-2/h5-27,29-35H,3-4,28H2,1-2H3;4-6H,1-3H3;3H2,1-2H3;3H,1H2,2H3;1-2H3/b17-5-,18-6-,36-31+,37-29+;5-4-;;;. The molecule has 0 N–H and O–H groups in total. The van der Waals surface area contributed by atoms with Gasteiger partial charge in [0, 0.05) is 22.8 Å². The van der Waals surface area contributed by atoms with Crippen molar-refractivity contribution < 1.29 is 0 Å². The highest BCUT2D eigenvalue weighted by Crippen LogP contribution is 2.51. The normalized spacial score (nSPS) is 11.8. The van der Waals surface area contributed by atoms with Crippen LogP contribution in [0, 0.1) is 5.92 Å². The van der Waals surface area contributed by atoms with Crippen molar-refractivity contribution >= 4 is 62.4 Å². The lowest BCUT2D eigenvalue weighted by Gasteiger charge is -2.33. The maximum Gasteiger partial charge on any atom is 0.0949 e. The third-order valence-corrected chi connectivity index (χ3v) is 10.8. The summed E-state index contributed by atoms with van der Waals surface area (Å²) in [5.41, 5.74) is 14.7. The predicted molar refractivity (Wildman–Crippen MR) is 308 cm³/mol. The van der Waals surface area contributed by atoms with Crippen LogP contribution in [0.2, 0.25) is 0 Å². The summed E-state index contributed by atoms with van der Waals surface area (Å²) in [5.74, 6) is 0.718. The van der Waals surface area contributed by atoms with Crippen molar-refractivity contribution in [1.82, 2.24) is 4.98 Å². The van der Waals surface area contributed by atoms with E-state index in [1.165, 1.54) is 55.8 Å². The first kappa shape index (κ1) is 53.3. The first-order valence-corrected chi connectivity index (χ1v) is 24.4. The minimum Gasteiger partial charge on any atom is -0.308 e. The van der Waals surface area contributed by atoms with E-state index in [1.54, 1.807) is 6.08 Å². The van der Waals surface area contributed by atoms with Gasteiger partial charge in [0.2, 0.25) is 0 Å². The average molecular weight is 895 g/mol. The molecule has 0 unspecified atom stereocenters. The van der Waals surface area contributed by atoms with E-state index in [1.807, 2.05) is 52.1 Å². The van der Waals surface area contributed by atoms with Crippen LogP contribution in [0.25, 0.3) is 67.7 Å². The number of pyridine rings is 1. The molecule has 6 aromatic carbocycles. The molecule has 0 fully saturated rings. The van der Waals surface area contributed by atoms with Crippen molar-refractivity contribution in [3.63, 3.8) is 0 Å². The number of aromatic nitrogens is 1. The smallest absolute Gasteiger partial charge is 0.0949 e. The van der Waals surface area contributed by atoms with Crippen LogP contribution >= 0.6 is 0 Å². The van der Waals surface area contributed by atoms with Gasteiger partial charge < -0.3 is 4.90 Å². The van der Waals surface area contributed by atoms with Gasteiger partial charge >= 0.3 is 0 Å². The molecule has 0 atom stereocenters. The van der Waals surface area contributed by atoms with Gasteiger partial charge in [-0.3, -0.25) is 4.98 Å². The fourth-order valence-corrected chi connectivity index (χ4v) is 8.22. The molecule has 2 heterocycles. The molecule has 1 aliphatic heterocycles.